The van der Waals surface area contributed by atoms with Crippen molar-refractivity contribution in [1.29, 1.82) is 0 Å². The molecule has 0 aromatic rings. The highest BCUT2D eigenvalue weighted by Crippen LogP contribution is 2.27. The Bertz CT molecular complexity index is 2730. The maximum atomic E-state index is 15.5. The van der Waals surface area contributed by atoms with E-state index in [1.807, 2.05) is 55.4 Å². The summed E-state index contributed by atoms with van der Waals surface area (Å²) >= 11 is 0. The second-order valence-electron chi connectivity index (χ2n) is 30.3. The van der Waals surface area contributed by atoms with Gasteiger partial charge in [-0.1, -0.05) is 116 Å². The molecule has 0 bridgehead atoms. The molecule has 580 valence electrons. The average Bonchev–Trinajstić information content (AvgIpc) is 0.810. The van der Waals surface area contributed by atoms with Crippen LogP contribution in [0.5, 0.6) is 0 Å². The van der Waals surface area contributed by atoms with Crippen LogP contribution in [0.2, 0.25) is 0 Å². The number of aliphatic hydroxyl groups excluding tert-OH is 1. The van der Waals surface area contributed by atoms with Gasteiger partial charge in [0.1, 0.15) is 66.5 Å². The van der Waals surface area contributed by atoms with E-state index >= 15 is 28.8 Å². The van der Waals surface area contributed by atoms with Gasteiger partial charge in [-0.15, -0.1) is 0 Å². The van der Waals surface area contributed by atoms with Crippen molar-refractivity contribution in [3.05, 3.63) is 0 Å². The molecular weight excluding hydrogens is 1300 g/mol. The summed E-state index contributed by atoms with van der Waals surface area (Å²) in [5.74, 6) is -11.2. The van der Waals surface area contributed by atoms with E-state index in [-0.39, 0.29) is 74.9 Å². The number of rotatable bonds is 27. The summed E-state index contributed by atoms with van der Waals surface area (Å²) in [6.45, 7) is 30.8. The molecule has 0 aromatic carbocycles. The molecule has 1 rings (SSSR count). The Balaban J connectivity index is 4.55. The standard InChI is InChI=1S/C73H132N12O16/c1-26-53-68(94)83(23)58(41-100-35-31-32-36-101-52(18)87)71(97)79(19)55(38-43(4)5)65(91)78-59(46(10)11)72(98)80(20)54(37-42(2)3)64(90)75-49(15)63(89)76-50(16)67(93)81(21)56(39-44(6)7)69(95)82(22)57(40-45(8)9)70(96)84(24)60(47(12)13)73(99)85(25)61(66(92)77-53)62(88)48(14)33-29-27-28-30-34-74-51(17)86/h42-50,53-62,88H,26-41H2,1-25H3,(H,74,86)(H,75,90)(H,76,89)(H,77,92)(H,78,91)/t48-,49+,50-,53+,54+,55+,56+,57+,58-,59+,60+,61+,62-/m1/s1. The van der Waals surface area contributed by atoms with Crippen molar-refractivity contribution in [2.45, 2.75) is 274 Å². The molecule has 1 aliphatic heterocycles. The van der Waals surface area contributed by atoms with E-state index in [1.54, 1.807) is 41.5 Å². The topological polar surface area (TPSA) is 343 Å². The van der Waals surface area contributed by atoms with Gasteiger partial charge in [0.05, 0.1) is 19.3 Å². The molecule has 0 unspecified atom stereocenters. The van der Waals surface area contributed by atoms with Crippen molar-refractivity contribution in [2.24, 2.45) is 41.4 Å². The first-order valence-corrected chi connectivity index (χ1v) is 36.6. The lowest BCUT2D eigenvalue weighted by molar-refractivity contribution is -0.157. The van der Waals surface area contributed by atoms with Crippen LogP contribution in [-0.2, 0) is 71.8 Å². The number of amides is 12. The molecule has 1 saturated heterocycles. The van der Waals surface area contributed by atoms with Gasteiger partial charge in [-0.3, -0.25) is 62.3 Å². The first-order valence-electron chi connectivity index (χ1n) is 36.6. The summed E-state index contributed by atoms with van der Waals surface area (Å²) < 4.78 is 11.2. The number of nitrogens with one attached hydrogen (secondary N) is 5. The zero-order valence-corrected chi connectivity index (χ0v) is 66.0. The highest BCUT2D eigenvalue weighted by Gasteiger charge is 2.46. The number of hydrogen-bond acceptors (Lipinski definition) is 16. The van der Waals surface area contributed by atoms with Crippen molar-refractivity contribution < 1.29 is 76.9 Å². The van der Waals surface area contributed by atoms with Crippen LogP contribution in [-0.4, -0.2) is 265 Å². The van der Waals surface area contributed by atoms with Crippen LogP contribution in [0.1, 0.15) is 202 Å². The number of nitrogens with zero attached hydrogens (tertiary/aromatic N) is 7. The van der Waals surface area contributed by atoms with E-state index < -0.39 is 168 Å². The minimum atomic E-state index is -1.70. The van der Waals surface area contributed by atoms with Gasteiger partial charge in [0.15, 0.2) is 0 Å². The molecule has 1 fully saturated rings. The predicted molar refractivity (Wildman–Crippen MR) is 386 cm³/mol. The third-order valence-electron chi connectivity index (χ3n) is 18.9. The summed E-state index contributed by atoms with van der Waals surface area (Å²) in [6.07, 6.45) is 2.73. The monoisotopic (exact) mass is 1430 g/mol. The Kier molecular flexibility index (Phi) is 40.6. The maximum Gasteiger partial charge on any atom is 0.302 e. The highest BCUT2D eigenvalue weighted by molar-refractivity contribution is 6.00. The fourth-order valence-electron chi connectivity index (χ4n) is 12.6. The first-order chi connectivity index (χ1) is 46.9. The van der Waals surface area contributed by atoms with E-state index in [9.17, 15) is 38.7 Å². The molecular formula is C73H132N12O16. The van der Waals surface area contributed by atoms with Gasteiger partial charge >= 0.3 is 5.97 Å². The van der Waals surface area contributed by atoms with Gasteiger partial charge in [0.2, 0.25) is 70.9 Å². The van der Waals surface area contributed by atoms with Crippen LogP contribution >= 0.6 is 0 Å². The molecule has 0 saturated carbocycles. The molecule has 28 heteroatoms. The second kappa shape index (κ2) is 44.5. The molecule has 0 aliphatic carbocycles. The summed E-state index contributed by atoms with van der Waals surface area (Å²) in [4.78, 5) is 196. The van der Waals surface area contributed by atoms with E-state index in [0.717, 1.165) is 16.2 Å². The fraction of sp³-hybridized carbons (Fsp3) is 0.822. The number of likely N-dealkylation sites (N-methyl/N-ethyl adjacent to an activating group) is 7. The lowest BCUT2D eigenvalue weighted by Crippen LogP contribution is -2.64. The summed E-state index contributed by atoms with van der Waals surface area (Å²) in [7, 11) is 9.82. The Morgan fingerprint density at radius 1 is 0.446 bits per heavy atom. The van der Waals surface area contributed by atoms with Crippen molar-refractivity contribution in [3.8, 4) is 0 Å². The quantitative estimate of drug-likeness (QED) is 0.0498. The number of unbranched alkanes of at least 4 members (excludes halogenated alkanes) is 4. The Morgan fingerprint density at radius 3 is 1.36 bits per heavy atom. The minimum absolute atomic E-state index is 0.0470. The molecule has 13 atom stereocenters. The Labute approximate surface area is 603 Å². The van der Waals surface area contributed by atoms with Gasteiger partial charge in [-0.25, -0.2) is 0 Å². The van der Waals surface area contributed by atoms with Crippen molar-refractivity contribution in [2.75, 3.05) is 75.7 Å². The van der Waals surface area contributed by atoms with Crippen molar-refractivity contribution in [1.82, 2.24) is 60.9 Å². The lowest BCUT2D eigenvalue weighted by Gasteiger charge is -2.41. The van der Waals surface area contributed by atoms with Gasteiger partial charge in [0, 0.05) is 76.3 Å². The van der Waals surface area contributed by atoms with Gasteiger partial charge in [-0.2, -0.15) is 0 Å². The zero-order valence-electron chi connectivity index (χ0n) is 66.0. The molecule has 1 heterocycles. The third kappa shape index (κ3) is 29.0. The van der Waals surface area contributed by atoms with Crippen molar-refractivity contribution >= 4 is 76.9 Å². The number of carbonyl (C=O) groups is 13. The molecule has 1 aliphatic rings. The lowest BCUT2D eigenvalue weighted by atomic mass is 9.90. The number of carbonyl (C=O) groups excluding carboxylic acids is 13. The largest absolute Gasteiger partial charge is 0.466 e. The molecule has 0 aromatic heterocycles. The normalized spacial score (nSPS) is 25.0. The van der Waals surface area contributed by atoms with Crippen LogP contribution in [0.3, 0.4) is 0 Å². The Hall–Kier alpha value is -6.97. The molecule has 0 spiro atoms. The zero-order chi connectivity index (χ0) is 77.8. The molecule has 0 radical (unpaired) electrons. The molecule has 101 heavy (non-hydrogen) atoms. The van der Waals surface area contributed by atoms with Gasteiger partial charge < -0.3 is 75.5 Å². The maximum absolute atomic E-state index is 15.5. The van der Waals surface area contributed by atoms with Crippen LogP contribution in [0.4, 0.5) is 0 Å². The fourth-order valence-corrected chi connectivity index (χ4v) is 12.6. The minimum Gasteiger partial charge on any atom is -0.466 e. The van der Waals surface area contributed by atoms with Crippen molar-refractivity contribution in [3.63, 3.8) is 0 Å². The van der Waals surface area contributed by atoms with Crippen LogP contribution in [0.15, 0.2) is 0 Å². The number of esters is 1. The third-order valence-corrected chi connectivity index (χ3v) is 18.9. The smallest absolute Gasteiger partial charge is 0.302 e. The van der Waals surface area contributed by atoms with Crippen LogP contribution in [0.25, 0.3) is 0 Å². The van der Waals surface area contributed by atoms with E-state index in [0.29, 0.717) is 45.1 Å². The van der Waals surface area contributed by atoms with E-state index in [1.165, 1.54) is 102 Å². The van der Waals surface area contributed by atoms with Crippen LogP contribution < -0.4 is 26.6 Å². The average molecular weight is 1430 g/mol. The predicted octanol–water partition coefficient (Wildman–Crippen LogP) is 4.12. The van der Waals surface area contributed by atoms with Crippen LogP contribution in [0, 0.1) is 41.4 Å². The molecule has 12 amide bonds. The number of hydrogen-bond donors (Lipinski definition) is 6. The molecule has 28 nitrogen and oxygen atoms in total. The number of ether oxygens (including phenoxy) is 2. The van der Waals surface area contributed by atoms with Gasteiger partial charge in [-0.05, 0) is 113 Å². The summed E-state index contributed by atoms with van der Waals surface area (Å²) in [5.41, 5.74) is 0. The first kappa shape index (κ1) is 92.0. The van der Waals surface area contributed by atoms with Gasteiger partial charge in [0.25, 0.3) is 0 Å². The Morgan fingerprint density at radius 2 is 0.871 bits per heavy atom. The summed E-state index contributed by atoms with van der Waals surface area (Å²) in [5, 5.41) is 26.4. The van der Waals surface area contributed by atoms with E-state index in [2.05, 4.69) is 26.6 Å². The second-order valence-corrected chi connectivity index (χ2v) is 30.3. The molecule has 6 N–H and O–H groups in total. The van der Waals surface area contributed by atoms with E-state index in [4.69, 9.17) is 9.47 Å². The highest BCUT2D eigenvalue weighted by atomic mass is 16.5. The summed E-state index contributed by atoms with van der Waals surface area (Å²) in [6, 6.07) is -14.5. The SMILES string of the molecule is CC[C@@H]1NC(=O)[C@H]([C@H](O)[C@H](C)CCCCCCNC(C)=O)N(C)C(=O)[C@H](C(C)C)N(C)C(=O)[C@H](CC(C)C)N(C)C(=O)[C@H](CC(C)C)N(C)C(=O)[C@@H](C)NC(=O)[C@H](C)NC(=O)[C@H](CC(C)C)N(C)C(=O)[C@H](C(C)C)NC(=O)[C@H](CC(C)C)N(C)C(=O)[C@@H](COCCCCOC(C)=O)N(C)C1=O. The number of aliphatic hydroxyl groups is 1.